The molecule has 0 aromatic heterocycles. The molecule has 2 aromatic carbocycles. The molecule has 0 saturated carbocycles. The van der Waals surface area contributed by atoms with Crippen LogP contribution in [0.1, 0.15) is 27.9 Å². The number of rotatable bonds is 7. The van der Waals surface area contributed by atoms with Crippen molar-refractivity contribution < 1.29 is 44.9 Å². The normalized spacial score (nSPS) is 25.9. The minimum atomic E-state index is -1.71. The highest BCUT2D eigenvalue weighted by atomic mass is 16.7. The number of hydrogen-bond donors (Lipinski definition) is 6. The zero-order valence-corrected chi connectivity index (χ0v) is 16.9. The van der Waals surface area contributed by atoms with E-state index in [1.165, 1.54) is 0 Å². The van der Waals surface area contributed by atoms with E-state index in [1.807, 2.05) is 31.2 Å². The fraction of sp³-hybridized carbons (Fsp3) is 0.409. The van der Waals surface area contributed by atoms with Crippen molar-refractivity contribution in [3.8, 4) is 17.2 Å². The van der Waals surface area contributed by atoms with Crippen molar-refractivity contribution in [2.75, 3.05) is 6.61 Å². The first kappa shape index (κ1) is 23.0. The Labute approximate surface area is 178 Å². The smallest absolute Gasteiger partial charge is 0.229 e. The van der Waals surface area contributed by atoms with Crippen molar-refractivity contribution in [2.24, 2.45) is 0 Å². The molecule has 1 aliphatic heterocycles. The van der Waals surface area contributed by atoms with E-state index in [9.17, 15) is 35.4 Å². The molecule has 1 saturated heterocycles. The van der Waals surface area contributed by atoms with Crippen LogP contribution in [0.3, 0.4) is 0 Å². The zero-order valence-electron chi connectivity index (χ0n) is 16.9. The molecule has 9 nitrogen and oxygen atoms in total. The molecule has 2 aromatic rings. The first-order chi connectivity index (χ1) is 14.7. The highest BCUT2D eigenvalue weighted by molar-refractivity contribution is 6.01. The molecule has 1 fully saturated rings. The summed E-state index contributed by atoms with van der Waals surface area (Å²) in [6.45, 7) is 1.30. The van der Waals surface area contributed by atoms with Gasteiger partial charge in [-0.1, -0.05) is 29.8 Å². The molecule has 3 rings (SSSR count). The summed E-state index contributed by atoms with van der Waals surface area (Å²) < 4.78 is 10.8. The molecule has 9 heteroatoms. The number of ether oxygens (including phenoxy) is 2. The molecule has 0 bridgehead atoms. The van der Waals surface area contributed by atoms with Crippen molar-refractivity contribution >= 4 is 5.78 Å². The van der Waals surface area contributed by atoms with Crippen LogP contribution < -0.4 is 4.74 Å². The largest absolute Gasteiger partial charge is 0.508 e. The molecule has 0 aliphatic carbocycles. The number of phenols is 2. The Morgan fingerprint density at radius 3 is 2.35 bits per heavy atom. The molecule has 2 unspecified atom stereocenters. The van der Waals surface area contributed by atoms with E-state index in [0.29, 0.717) is 6.42 Å². The summed E-state index contributed by atoms with van der Waals surface area (Å²) in [4.78, 5) is 12.8. The van der Waals surface area contributed by atoms with E-state index in [4.69, 9.17) is 9.47 Å². The third kappa shape index (κ3) is 5.15. The number of Topliss-reactive ketones (excluding diaryl/α,β-unsaturated/α-hetero) is 1. The van der Waals surface area contributed by atoms with Gasteiger partial charge in [0.25, 0.3) is 0 Å². The van der Waals surface area contributed by atoms with Crippen LogP contribution in [-0.2, 0) is 11.2 Å². The summed E-state index contributed by atoms with van der Waals surface area (Å²) in [7, 11) is 0. The summed E-state index contributed by atoms with van der Waals surface area (Å²) in [6.07, 6.45) is -7.31. The van der Waals surface area contributed by atoms with Crippen molar-refractivity contribution in [3.63, 3.8) is 0 Å². The van der Waals surface area contributed by atoms with Gasteiger partial charge in [-0.25, -0.2) is 0 Å². The van der Waals surface area contributed by atoms with Gasteiger partial charge < -0.3 is 40.1 Å². The lowest BCUT2D eigenvalue weighted by Crippen LogP contribution is -2.60. The third-order valence-corrected chi connectivity index (χ3v) is 5.20. The molecule has 0 radical (unpaired) electrons. The van der Waals surface area contributed by atoms with E-state index in [1.54, 1.807) is 0 Å². The van der Waals surface area contributed by atoms with Gasteiger partial charge in [-0.15, -0.1) is 0 Å². The van der Waals surface area contributed by atoms with Crippen LogP contribution in [0, 0.1) is 6.92 Å². The summed E-state index contributed by atoms with van der Waals surface area (Å²) >= 11 is 0. The van der Waals surface area contributed by atoms with Gasteiger partial charge >= 0.3 is 0 Å². The molecule has 168 valence electrons. The number of ketones is 1. The number of aliphatic hydroxyl groups is 4. The van der Waals surface area contributed by atoms with Gasteiger partial charge in [0.15, 0.2) is 5.78 Å². The standard InChI is InChI=1S/C22H26O9/c1-11-2-4-12(5-3-11)6-7-14(25)18-15(26)8-13(24)9-16(18)30-22-21(29)20(28)19(27)17(10-23)31-22/h2-5,8-9,17,19-24,26-29H,6-7,10H2,1H3/t17?,19-,20+,21?,22-/m1/s1. The number of aromatic hydroxyl groups is 2. The SMILES string of the molecule is Cc1ccc(CCC(=O)c2c(O)cc(O)cc2O[C@@H]2OC(CO)[C@@H](O)[C@H](O)C2O)cc1. The van der Waals surface area contributed by atoms with Crippen LogP contribution in [0.2, 0.25) is 0 Å². The first-order valence-corrected chi connectivity index (χ1v) is 9.83. The number of carbonyl (C=O) groups is 1. The Bertz CT molecular complexity index is 910. The van der Waals surface area contributed by atoms with E-state index in [-0.39, 0.29) is 17.7 Å². The van der Waals surface area contributed by atoms with E-state index < -0.39 is 54.6 Å². The number of aryl methyl sites for hydroxylation is 2. The van der Waals surface area contributed by atoms with Crippen molar-refractivity contribution in [1.29, 1.82) is 0 Å². The van der Waals surface area contributed by atoms with Crippen molar-refractivity contribution in [2.45, 2.75) is 50.5 Å². The molecule has 1 aliphatic rings. The highest BCUT2D eigenvalue weighted by Crippen LogP contribution is 2.36. The number of benzene rings is 2. The summed E-state index contributed by atoms with van der Waals surface area (Å²) in [5, 5.41) is 59.4. The second kappa shape index (κ2) is 9.63. The van der Waals surface area contributed by atoms with Gasteiger partial charge in [0.1, 0.15) is 47.2 Å². The van der Waals surface area contributed by atoms with Crippen LogP contribution in [0.15, 0.2) is 36.4 Å². The first-order valence-electron chi connectivity index (χ1n) is 9.83. The predicted octanol–water partition coefficient (Wildman–Crippen LogP) is 0.400. The fourth-order valence-corrected chi connectivity index (χ4v) is 3.39. The lowest BCUT2D eigenvalue weighted by atomic mass is 9.98. The molecule has 0 spiro atoms. The van der Waals surface area contributed by atoms with Crippen LogP contribution in [0.4, 0.5) is 0 Å². The second-order valence-corrected chi connectivity index (χ2v) is 7.56. The van der Waals surface area contributed by atoms with Gasteiger partial charge in [-0.05, 0) is 18.9 Å². The monoisotopic (exact) mass is 434 g/mol. The number of carbonyl (C=O) groups excluding carboxylic acids is 1. The van der Waals surface area contributed by atoms with Gasteiger partial charge in [0.05, 0.1) is 6.61 Å². The Hall–Kier alpha value is -2.69. The predicted molar refractivity (Wildman–Crippen MR) is 108 cm³/mol. The van der Waals surface area contributed by atoms with Crippen LogP contribution in [0.5, 0.6) is 17.2 Å². The second-order valence-electron chi connectivity index (χ2n) is 7.56. The lowest BCUT2D eigenvalue weighted by molar-refractivity contribution is -0.277. The third-order valence-electron chi connectivity index (χ3n) is 5.20. The Balaban J connectivity index is 1.82. The zero-order chi connectivity index (χ0) is 22.7. The topological polar surface area (TPSA) is 157 Å². The van der Waals surface area contributed by atoms with Crippen LogP contribution in [0.25, 0.3) is 0 Å². The van der Waals surface area contributed by atoms with Crippen LogP contribution in [-0.4, -0.2) is 73.7 Å². The fourth-order valence-electron chi connectivity index (χ4n) is 3.39. The van der Waals surface area contributed by atoms with Gasteiger partial charge in [0, 0.05) is 18.6 Å². The number of hydrogen-bond acceptors (Lipinski definition) is 9. The molecular formula is C22H26O9. The number of aliphatic hydroxyl groups excluding tert-OH is 4. The average molecular weight is 434 g/mol. The van der Waals surface area contributed by atoms with Crippen LogP contribution >= 0.6 is 0 Å². The average Bonchev–Trinajstić information content (AvgIpc) is 2.73. The molecule has 31 heavy (non-hydrogen) atoms. The molecule has 0 amide bonds. The van der Waals surface area contributed by atoms with E-state index in [2.05, 4.69) is 0 Å². The molecule has 5 atom stereocenters. The van der Waals surface area contributed by atoms with Crippen molar-refractivity contribution in [3.05, 3.63) is 53.1 Å². The van der Waals surface area contributed by atoms with Gasteiger partial charge in [-0.3, -0.25) is 4.79 Å². The Morgan fingerprint density at radius 2 is 1.71 bits per heavy atom. The summed E-state index contributed by atoms with van der Waals surface area (Å²) in [5.74, 6) is -1.66. The molecule has 6 N–H and O–H groups in total. The summed E-state index contributed by atoms with van der Waals surface area (Å²) in [5.41, 5.74) is 1.79. The lowest BCUT2D eigenvalue weighted by Gasteiger charge is -2.39. The Morgan fingerprint density at radius 1 is 1.03 bits per heavy atom. The van der Waals surface area contributed by atoms with Crippen molar-refractivity contribution in [1.82, 2.24) is 0 Å². The van der Waals surface area contributed by atoms with Gasteiger partial charge in [-0.2, -0.15) is 0 Å². The Kier molecular flexibility index (Phi) is 7.14. The number of phenolic OH excluding ortho intramolecular Hbond substituents is 2. The molecule has 1 heterocycles. The van der Waals surface area contributed by atoms with Gasteiger partial charge in [0.2, 0.25) is 6.29 Å². The minimum absolute atomic E-state index is 0.0342. The molecular weight excluding hydrogens is 408 g/mol. The quantitative estimate of drug-likeness (QED) is 0.339. The maximum Gasteiger partial charge on any atom is 0.229 e. The van der Waals surface area contributed by atoms with E-state index in [0.717, 1.165) is 23.3 Å². The maximum absolute atomic E-state index is 12.8. The highest BCUT2D eigenvalue weighted by Gasteiger charge is 2.45. The maximum atomic E-state index is 12.8. The minimum Gasteiger partial charge on any atom is -0.508 e. The summed E-state index contributed by atoms with van der Waals surface area (Å²) in [6, 6.07) is 9.69. The van der Waals surface area contributed by atoms with E-state index >= 15 is 0 Å².